The van der Waals surface area contributed by atoms with Gasteiger partial charge in [0.05, 0.1) is 0 Å². The monoisotopic (exact) mass is 150 g/mol. The lowest BCUT2D eigenvalue weighted by atomic mass is 9.47. The average molecular weight is 150 g/mol. The van der Waals surface area contributed by atoms with Crippen LogP contribution in [0.4, 0.5) is 0 Å². The van der Waals surface area contributed by atoms with E-state index in [4.69, 9.17) is 0 Å². The zero-order valence-corrected chi connectivity index (χ0v) is 7.47. The molecule has 5 saturated carbocycles. The second-order valence-electron chi connectivity index (χ2n) is 5.43. The van der Waals surface area contributed by atoms with Gasteiger partial charge in [-0.05, 0) is 61.7 Å². The van der Waals surface area contributed by atoms with Crippen LogP contribution in [0.15, 0.2) is 0 Å². The van der Waals surface area contributed by atoms with Crippen LogP contribution in [0.3, 0.4) is 0 Å². The van der Waals surface area contributed by atoms with Gasteiger partial charge >= 0.3 is 0 Å². The van der Waals surface area contributed by atoms with Crippen molar-refractivity contribution in [3.8, 4) is 0 Å². The molecule has 0 aromatic carbocycles. The first kappa shape index (κ1) is 6.51. The quantitative estimate of drug-likeness (QED) is 0.497. The maximum absolute atomic E-state index is 2.55. The van der Waals surface area contributed by atoms with E-state index < -0.39 is 0 Å². The van der Waals surface area contributed by atoms with Crippen molar-refractivity contribution in [2.45, 2.75) is 45.4 Å². The minimum absolute atomic E-state index is 0.803. The molecule has 0 aliphatic heterocycles. The van der Waals surface area contributed by atoms with Gasteiger partial charge < -0.3 is 0 Å². The summed E-state index contributed by atoms with van der Waals surface area (Å²) < 4.78 is 0. The first-order valence-corrected chi connectivity index (χ1v) is 5.28. The van der Waals surface area contributed by atoms with Crippen LogP contribution in [0.5, 0.6) is 0 Å². The van der Waals surface area contributed by atoms with Crippen molar-refractivity contribution in [1.29, 1.82) is 0 Å². The summed E-state index contributed by atoms with van der Waals surface area (Å²) in [7, 11) is 0. The summed E-state index contributed by atoms with van der Waals surface area (Å²) in [4.78, 5) is 0. The van der Waals surface area contributed by atoms with E-state index in [1.165, 1.54) is 0 Å². The summed E-state index contributed by atoms with van der Waals surface area (Å²) in [6, 6.07) is 0. The summed E-state index contributed by atoms with van der Waals surface area (Å²) in [6.07, 6.45) is 9.45. The Balaban J connectivity index is 1.99. The Bertz CT molecular complexity index is 184. The molecule has 4 unspecified atom stereocenters. The molecule has 4 atom stereocenters. The van der Waals surface area contributed by atoms with Crippen LogP contribution in [0, 0.1) is 23.2 Å². The molecule has 5 aliphatic rings. The van der Waals surface area contributed by atoms with Crippen molar-refractivity contribution in [2.75, 3.05) is 0 Å². The van der Waals surface area contributed by atoms with Crippen molar-refractivity contribution in [2.24, 2.45) is 23.2 Å². The van der Waals surface area contributed by atoms with E-state index in [1.807, 2.05) is 0 Å². The molecular formula is C11H18. The van der Waals surface area contributed by atoms with Crippen molar-refractivity contribution in [3.63, 3.8) is 0 Å². The topological polar surface area (TPSA) is 0 Å². The molecule has 0 heterocycles. The first-order chi connectivity index (χ1) is 5.28. The lowest BCUT2D eigenvalue weighted by Gasteiger charge is -2.59. The Morgan fingerprint density at radius 1 is 1.09 bits per heavy atom. The summed E-state index contributed by atoms with van der Waals surface area (Å²) in [6.45, 7) is 2.55. The van der Waals surface area contributed by atoms with E-state index in [1.54, 1.807) is 38.5 Å². The molecule has 5 rings (SSSR count). The molecule has 5 aliphatic carbocycles. The number of hydrogen-bond acceptors (Lipinski definition) is 0. The van der Waals surface area contributed by atoms with Crippen LogP contribution in [0.1, 0.15) is 45.4 Å². The molecule has 62 valence electrons. The number of fused-ring (bicyclic) bond motifs is 2. The summed E-state index contributed by atoms with van der Waals surface area (Å²) in [5.74, 6) is 3.44. The van der Waals surface area contributed by atoms with Crippen LogP contribution in [0.25, 0.3) is 0 Å². The zero-order valence-electron chi connectivity index (χ0n) is 7.47. The average Bonchev–Trinajstić information content (AvgIpc) is 2.03. The van der Waals surface area contributed by atoms with Gasteiger partial charge in [0.1, 0.15) is 0 Å². The van der Waals surface area contributed by atoms with Gasteiger partial charge in [-0.1, -0.05) is 6.92 Å². The largest absolute Gasteiger partial charge is 0.0594 e. The highest BCUT2D eigenvalue weighted by molar-refractivity contribution is 5.02. The highest BCUT2D eigenvalue weighted by Crippen LogP contribution is 2.62. The van der Waals surface area contributed by atoms with Crippen LogP contribution in [-0.4, -0.2) is 0 Å². The molecule has 0 spiro atoms. The predicted octanol–water partition coefficient (Wildman–Crippen LogP) is 3.22. The van der Waals surface area contributed by atoms with Crippen molar-refractivity contribution in [1.82, 2.24) is 0 Å². The third-order valence-electron chi connectivity index (χ3n) is 4.94. The molecule has 4 bridgehead atoms. The second kappa shape index (κ2) is 1.84. The SMILES string of the molecule is CC12CCC3CC1CCC3C2. The Kier molecular flexibility index (Phi) is 1.09. The number of rotatable bonds is 0. The van der Waals surface area contributed by atoms with Crippen molar-refractivity contribution in [3.05, 3.63) is 0 Å². The Hall–Kier alpha value is 0. The molecule has 0 heteroatoms. The van der Waals surface area contributed by atoms with Gasteiger partial charge in [0.15, 0.2) is 0 Å². The van der Waals surface area contributed by atoms with E-state index in [-0.39, 0.29) is 0 Å². The van der Waals surface area contributed by atoms with E-state index in [9.17, 15) is 0 Å². The highest BCUT2D eigenvalue weighted by Gasteiger charge is 2.51. The standard InChI is InChI=1S/C11H18/c1-11-5-4-8-6-10(11)3-2-9(8)7-11/h8-10H,2-7H2,1H3. The third-order valence-corrected chi connectivity index (χ3v) is 4.94. The molecule has 0 N–H and O–H groups in total. The third kappa shape index (κ3) is 0.711. The Morgan fingerprint density at radius 3 is 2.55 bits per heavy atom. The van der Waals surface area contributed by atoms with E-state index in [0.717, 1.165) is 23.2 Å². The Morgan fingerprint density at radius 2 is 2.00 bits per heavy atom. The molecule has 0 aromatic rings. The van der Waals surface area contributed by atoms with Gasteiger partial charge in [-0.2, -0.15) is 0 Å². The maximum atomic E-state index is 2.55. The van der Waals surface area contributed by atoms with Crippen molar-refractivity contribution < 1.29 is 0 Å². The molecule has 0 saturated heterocycles. The number of hydrogen-bond donors (Lipinski definition) is 0. The van der Waals surface area contributed by atoms with Gasteiger partial charge in [0.25, 0.3) is 0 Å². The van der Waals surface area contributed by atoms with Gasteiger partial charge in [-0.15, -0.1) is 0 Å². The minimum Gasteiger partial charge on any atom is -0.0594 e. The van der Waals surface area contributed by atoms with Gasteiger partial charge in [-0.25, -0.2) is 0 Å². The van der Waals surface area contributed by atoms with Crippen LogP contribution in [-0.2, 0) is 0 Å². The van der Waals surface area contributed by atoms with Gasteiger partial charge in [-0.3, -0.25) is 0 Å². The van der Waals surface area contributed by atoms with Gasteiger partial charge in [0.2, 0.25) is 0 Å². The second-order valence-corrected chi connectivity index (χ2v) is 5.43. The minimum atomic E-state index is 0.803. The first-order valence-electron chi connectivity index (χ1n) is 5.28. The van der Waals surface area contributed by atoms with Crippen LogP contribution in [0.2, 0.25) is 0 Å². The predicted molar refractivity (Wildman–Crippen MR) is 46.3 cm³/mol. The molecule has 5 fully saturated rings. The summed E-state index contributed by atoms with van der Waals surface area (Å²) in [5.41, 5.74) is 0.803. The van der Waals surface area contributed by atoms with E-state index >= 15 is 0 Å². The van der Waals surface area contributed by atoms with Crippen LogP contribution >= 0.6 is 0 Å². The fourth-order valence-corrected chi connectivity index (χ4v) is 4.17. The molecule has 0 nitrogen and oxygen atoms in total. The van der Waals surface area contributed by atoms with E-state index in [2.05, 4.69) is 6.92 Å². The van der Waals surface area contributed by atoms with Crippen LogP contribution < -0.4 is 0 Å². The summed E-state index contributed by atoms with van der Waals surface area (Å²) in [5, 5.41) is 0. The molecule has 0 amide bonds. The molecule has 11 heavy (non-hydrogen) atoms. The molecule has 0 radical (unpaired) electrons. The normalized spacial score (nSPS) is 60.3. The Labute approximate surface area is 69.4 Å². The highest BCUT2D eigenvalue weighted by atomic mass is 14.6. The fraction of sp³-hybridized carbons (Fsp3) is 1.00. The smallest absolute Gasteiger partial charge is 0.0295 e. The fourth-order valence-electron chi connectivity index (χ4n) is 4.17. The molecular weight excluding hydrogens is 132 g/mol. The lowest BCUT2D eigenvalue weighted by molar-refractivity contribution is -0.0824. The lowest BCUT2D eigenvalue weighted by Crippen LogP contribution is -2.48. The van der Waals surface area contributed by atoms with E-state index in [0.29, 0.717) is 0 Å². The maximum Gasteiger partial charge on any atom is -0.0295 e. The molecule has 0 aromatic heterocycles. The summed E-state index contributed by atoms with van der Waals surface area (Å²) >= 11 is 0. The zero-order chi connectivity index (χ0) is 7.47. The van der Waals surface area contributed by atoms with Crippen molar-refractivity contribution >= 4 is 0 Å². The van der Waals surface area contributed by atoms with Gasteiger partial charge in [0, 0.05) is 0 Å².